The Labute approximate surface area is 263 Å². The number of hydrogen-bond donors (Lipinski definition) is 2. The molecule has 0 radical (unpaired) electrons. The lowest BCUT2D eigenvalue weighted by atomic mass is 10.0. The van der Waals surface area contributed by atoms with Crippen molar-refractivity contribution in [1.82, 2.24) is 0 Å². The monoisotopic (exact) mass is 636 g/mol. The normalized spacial score (nSPS) is 13.5. The van der Waals surface area contributed by atoms with Crippen LogP contribution in [0.4, 0.5) is 0 Å². The van der Waals surface area contributed by atoms with E-state index in [1.165, 1.54) is 103 Å². The summed E-state index contributed by atoms with van der Waals surface area (Å²) in [5, 5.41) is 0. The van der Waals surface area contributed by atoms with Crippen molar-refractivity contribution in [2.75, 3.05) is 26.4 Å². The molecule has 0 aromatic heterocycles. The third-order valence-corrected chi connectivity index (χ3v) is 8.50. The van der Waals surface area contributed by atoms with E-state index >= 15 is 0 Å². The summed E-state index contributed by atoms with van der Waals surface area (Å²) in [6, 6.07) is 0. The summed E-state index contributed by atoms with van der Waals surface area (Å²) < 4.78 is 32.6. The molecule has 0 amide bonds. The molecule has 0 aliphatic carbocycles. The van der Waals surface area contributed by atoms with Gasteiger partial charge in [0.2, 0.25) is 0 Å². The van der Waals surface area contributed by atoms with E-state index in [2.05, 4.69) is 19.6 Å². The number of phosphoric acid groups is 1. The summed E-state index contributed by atoms with van der Waals surface area (Å²) in [7, 11) is -4.31. The van der Waals surface area contributed by atoms with Crippen molar-refractivity contribution < 1.29 is 43.3 Å². The fourth-order valence-electron chi connectivity index (χ4n) is 4.88. The fourth-order valence-corrected chi connectivity index (χ4v) is 5.67. The van der Waals surface area contributed by atoms with Gasteiger partial charge in [-0.1, -0.05) is 142 Å². The van der Waals surface area contributed by atoms with Crippen molar-refractivity contribution >= 4 is 19.8 Å². The largest absolute Gasteiger partial charge is 0.472 e. The fraction of sp³-hybridized carbons (Fsp3) is 0.939. The van der Waals surface area contributed by atoms with Crippen LogP contribution in [0.15, 0.2) is 0 Å². The molecule has 1 unspecified atom stereocenters. The highest BCUT2D eigenvalue weighted by atomic mass is 31.2. The Morgan fingerprint density at radius 2 is 1.00 bits per heavy atom. The zero-order chi connectivity index (χ0) is 31.9. The van der Waals surface area contributed by atoms with Gasteiger partial charge in [-0.25, -0.2) is 4.57 Å². The van der Waals surface area contributed by atoms with Gasteiger partial charge in [0.05, 0.1) is 13.2 Å². The molecule has 0 aliphatic heterocycles. The molecule has 4 N–H and O–H groups in total. The van der Waals surface area contributed by atoms with Crippen molar-refractivity contribution in [3.8, 4) is 0 Å². The predicted octanol–water partition coefficient (Wildman–Crippen LogP) is 8.22. The van der Waals surface area contributed by atoms with Gasteiger partial charge in [-0.15, -0.1) is 0 Å². The smallest absolute Gasteiger partial charge is 0.462 e. The molecule has 0 bridgehead atoms. The van der Waals surface area contributed by atoms with E-state index in [0.29, 0.717) is 19.4 Å². The molecule has 0 saturated heterocycles. The maximum atomic E-state index is 12.5. The molecule has 0 spiro atoms. The number of carbonyl (C=O) groups is 2. The number of rotatable bonds is 33. The SMILES string of the molecule is CCCCCCCCCCCCCCCCCC(=O)O[C@H](COC(=O)CCCCCCCCC)COP(=O)(O)OCC[NH3+]. The van der Waals surface area contributed by atoms with Crippen LogP contribution in [0.2, 0.25) is 0 Å². The summed E-state index contributed by atoms with van der Waals surface area (Å²) in [5.74, 6) is -0.810. The lowest BCUT2D eigenvalue weighted by Crippen LogP contribution is -2.52. The first-order valence-corrected chi connectivity index (χ1v) is 19.1. The maximum Gasteiger partial charge on any atom is 0.472 e. The second-order valence-corrected chi connectivity index (χ2v) is 13.3. The first-order valence-electron chi connectivity index (χ1n) is 17.6. The predicted molar refractivity (Wildman–Crippen MR) is 172 cm³/mol. The third kappa shape index (κ3) is 30.8. The lowest BCUT2D eigenvalue weighted by molar-refractivity contribution is -0.371. The molecule has 0 aliphatic rings. The Kier molecular flexibility index (Phi) is 30.3. The Hall–Kier alpha value is -0.990. The van der Waals surface area contributed by atoms with Gasteiger partial charge in [-0.05, 0) is 12.8 Å². The average molecular weight is 637 g/mol. The molecule has 0 aromatic rings. The standard InChI is InChI=1S/C33H66NO8P/c1-3-5-7-9-11-12-13-14-15-16-17-18-20-22-24-26-33(36)42-31(30-41-43(37,38)40-28-27-34)29-39-32(35)25-23-21-19-10-8-6-4-2/h31H,3-30,34H2,1-2H3,(H,37,38)/p+1/t31-/m1/s1. The molecule has 9 nitrogen and oxygen atoms in total. The second-order valence-electron chi connectivity index (χ2n) is 11.8. The van der Waals surface area contributed by atoms with Crippen LogP contribution < -0.4 is 5.73 Å². The zero-order valence-corrected chi connectivity index (χ0v) is 28.7. The van der Waals surface area contributed by atoms with Gasteiger partial charge in [-0.2, -0.15) is 0 Å². The van der Waals surface area contributed by atoms with Gasteiger partial charge in [0.15, 0.2) is 6.10 Å². The van der Waals surface area contributed by atoms with Crippen LogP contribution in [0.3, 0.4) is 0 Å². The lowest BCUT2D eigenvalue weighted by Gasteiger charge is -2.19. The summed E-state index contributed by atoms with van der Waals surface area (Å²) in [6.07, 6.45) is 25.9. The van der Waals surface area contributed by atoms with Crippen LogP contribution in [0.5, 0.6) is 0 Å². The maximum absolute atomic E-state index is 12.5. The molecular weight excluding hydrogens is 569 g/mol. The Morgan fingerprint density at radius 1 is 0.605 bits per heavy atom. The first-order chi connectivity index (χ1) is 20.8. The molecule has 0 heterocycles. The van der Waals surface area contributed by atoms with E-state index in [0.717, 1.165) is 32.1 Å². The minimum absolute atomic E-state index is 0.0368. The highest BCUT2D eigenvalue weighted by Gasteiger charge is 2.26. The number of quaternary nitrogens is 1. The summed E-state index contributed by atoms with van der Waals surface area (Å²) in [6.45, 7) is 4.08. The van der Waals surface area contributed by atoms with Crippen molar-refractivity contribution in [3.05, 3.63) is 0 Å². The van der Waals surface area contributed by atoms with Crippen LogP contribution >= 0.6 is 7.82 Å². The van der Waals surface area contributed by atoms with E-state index in [-0.39, 0.29) is 25.6 Å². The van der Waals surface area contributed by atoms with Crippen LogP contribution in [-0.4, -0.2) is 49.3 Å². The minimum atomic E-state index is -4.31. The molecule has 2 atom stereocenters. The zero-order valence-electron chi connectivity index (χ0n) is 27.8. The number of carbonyl (C=O) groups excluding carboxylic acids is 2. The molecule has 256 valence electrons. The van der Waals surface area contributed by atoms with E-state index in [1.54, 1.807) is 0 Å². The topological polar surface area (TPSA) is 136 Å². The first kappa shape index (κ1) is 42.0. The highest BCUT2D eigenvalue weighted by Crippen LogP contribution is 2.43. The molecule has 0 rings (SSSR count). The Morgan fingerprint density at radius 3 is 1.42 bits per heavy atom. The number of phosphoric ester groups is 1. The average Bonchev–Trinajstić information content (AvgIpc) is 2.99. The minimum Gasteiger partial charge on any atom is -0.462 e. The van der Waals surface area contributed by atoms with Crippen molar-refractivity contribution in [2.24, 2.45) is 0 Å². The van der Waals surface area contributed by atoms with E-state index in [9.17, 15) is 19.0 Å². The van der Waals surface area contributed by atoms with Crippen molar-refractivity contribution in [3.63, 3.8) is 0 Å². The number of hydrogen-bond acceptors (Lipinski definition) is 7. The summed E-state index contributed by atoms with van der Waals surface area (Å²) in [4.78, 5) is 34.5. The number of unbranched alkanes of at least 4 members (excludes halogenated alkanes) is 20. The van der Waals surface area contributed by atoms with Crippen LogP contribution in [-0.2, 0) is 32.7 Å². The van der Waals surface area contributed by atoms with E-state index in [4.69, 9.17) is 18.5 Å². The molecule has 10 heteroatoms. The number of esters is 2. The Bertz CT molecular complexity index is 694. The van der Waals surface area contributed by atoms with Gasteiger partial charge >= 0.3 is 19.8 Å². The second kappa shape index (κ2) is 31.0. The molecule has 0 aromatic carbocycles. The van der Waals surface area contributed by atoms with Crippen LogP contribution in [0.1, 0.15) is 168 Å². The summed E-state index contributed by atoms with van der Waals surface area (Å²) >= 11 is 0. The van der Waals surface area contributed by atoms with Gasteiger partial charge in [-0.3, -0.25) is 18.6 Å². The van der Waals surface area contributed by atoms with Gasteiger partial charge in [0.25, 0.3) is 0 Å². The molecule has 0 saturated carbocycles. The van der Waals surface area contributed by atoms with Gasteiger partial charge < -0.3 is 20.1 Å². The molecule has 0 fully saturated rings. The highest BCUT2D eigenvalue weighted by molar-refractivity contribution is 7.47. The van der Waals surface area contributed by atoms with E-state index in [1.807, 2.05) is 0 Å². The quantitative estimate of drug-likeness (QED) is 0.0418. The van der Waals surface area contributed by atoms with Crippen LogP contribution in [0.25, 0.3) is 0 Å². The van der Waals surface area contributed by atoms with Crippen molar-refractivity contribution in [2.45, 2.75) is 174 Å². The van der Waals surface area contributed by atoms with E-state index < -0.39 is 26.5 Å². The van der Waals surface area contributed by atoms with Crippen LogP contribution in [0, 0.1) is 0 Å². The molecular formula is C33H67NO8P+. The van der Waals surface area contributed by atoms with Crippen molar-refractivity contribution in [1.29, 1.82) is 0 Å². The summed E-state index contributed by atoms with van der Waals surface area (Å²) in [5.41, 5.74) is 3.56. The third-order valence-electron chi connectivity index (χ3n) is 7.52. The Balaban J connectivity index is 4.18. The van der Waals surface area contributed by atoms with Gasteiger partial charge in [0, 0.05) is 12.8 Å². The van der Waals surface area contributed by atoms with Gasteiger partial charge in [0.1, 0.15) is 13.2 Å². The molecule has 43 heavy (non-hydrogen) atoms. The number of ether oxygens (including phenoxy) is 2.